The number of aromatic nitrogens is 2. The van der Waals surface area contributed by atoms with E-state index in [2.05, 4.69) is 9.72 Å². The number of halogens is 2. The summed E-state index contributed by atoms with van der Waals surface area (Å²) in [5.41, 5.74) is 4.25. The van der Waals surface area contributed by atoms with Crippen LogP contribution in [0.25, 0.3) is 0 Å². The zero-order valence-corrected chi connectivity index (χ0v) is 10.8. The van der Waals surface area contributed by atoms with Gasteiger partial charge in [-0.3, -0.25) is 4.57 Å². The first-order valence-electron chi connectivity index (χ1n) is 4.96. The van der Waals surface area contributed by atoms with Gasteiger partial charge in [0.05, 0.1) is 0 Å². The number of rotatable bonds is 2. The number of aliphatic hydroxyl groups is 1. The first-order chi connectivity index (χ1) is 8.37. The summed E-state index contributed by atoms with van der Waals surface area (Å²) >= 11 is 0. The van der Waals surface area contributed by atoms with Gasteiger partial charge in [-0.25, -0.2) is 4.79 Å². The van der Waals surface area contributed by atoms with Gasteiger partial charge in [-0.1, -0.05) is 14.9 Å². The number of aliphatic hydroxyl groups excluding tert-OH is 1. The summed E-state index contributed by atoms with van der Waals surface area (Å²) in [4.78, 5) is 14.8. The van der Waals surface area contributed by atoms with E-state index in [0.29, 0.717) is 4.57 Å². The van der Waals surface area contributed by atoms with E-state index in [0.717, 1.165) is 13.3 Å². The van der Waals surface area contributed by atoms with Crippen LogP contribution in [0.4, 0.5) is 14.6 Å². The number of nitrogens with zero attached hydrogens (tertiary/aromatic N) is 2. The van der Waals surface area contributed by atoms with Crippen molar-refractivity contribution in [3.05, 3.63) is 22.7 Å². The lowest BCUT2D eigenvalue weighted by Crippen LogP contribution is -2.41. The molecule has 1 aliphatic rings. The third-order valence-corrected chi connectivity index (χ3v) is 2.58. The Morgan fingerprint density at radius 1 is 1.52 bits per heavy atom. The van der Waals surface area contributed by atoms with Crippen molar-refractivity contribution in [3.8, 4) is 0 Å². The Bertz CT molecular complexity index is 514. The molecule has 1 aromatic rings. The predicted molar refractivity (Wildman–Crippen MR) is 78.6 cm³/mol. The number of anilines is 1. The van der Waals surface area contributed by atoms with E-state index in [1.807, 2.05) is 0 Å². The third-order valence-electron chi connectivity index (χ3n) is 2.58. The van der Waals surface area contributed by atoms with Gasteiger partial charge < -0.3 is 20.3 Å². The Morgan fingerprint density at radius 3 is 2.52 bits per heavy atom. The lowest BCUT2D eigenvalue weighted by atomic mass is 10.2. The topological polar surface area (TPSA) is 99.6 Å². The molecule has 3 N–H and O–H groups in total. The maximum absolute atomic E-state index is 13.7. The Morgan fingerprint density at radius 2 is 2.10 bits per heavy atom. The standard InChI is InChI=1S/C9H11F2N3O4.2CH4.H2S/c1-17-6-5(15)9(10,11)7(18-6)14-3-2-4(12)13-8(14)16;;;/h2-3,5-7,15H,1H3,(H2,12,13,16);2*1H4;1H2/t5-,6-,7+;;;/m0.../s1. The molecule has 1 fully saturated rings. The van der Waals surface area contributed by atoms with Gasteiger partial charge in [-0.05, 0) is 6.07 Å². The van der Waals surface area contributed by atoms with Crippen LogP contribution in [-0.2, 0) is 9.47 Å². The molecule has 10 heteroatoms. The summed E-state index contributed by atoms with van der Waals surface area (Å²) in [5, 5.41) is 9.33. The number of nitrogen functional groups attached to an aromatic ring is 1. The van der Waals surface area contributed by atoms with E-state index < -0.39 is 30.2 Å². The number of alkyl halides is 2. The van der Waals surface area contributed by atoms with Gasteiger partial charge in [0.15, 0.2) is 12.4 Å². The lowest BCUT2D eigenvalue weighted by molar-refractivity contribution is -0.163. The highest BCUT2D eigenvalue weighted by molar-refractivity contribution is 7.59. The Balaban J connectivity index is 0. The number of nitrogens with two attached hydrogens (primary N) is 1. The molecule has 3 atom stereocenters. The van der Waals surface area contributed by atoms with Crippen molar-refractivity contribution in [1.29, 1.82) is 0 Å². The summed E-state index contributed by atoms with van der Waals surface area (Å²) in [6.45, 7) is 0. The molecule has 0 aromatic carbocycles. The van der Waals surface area contributed by atoms with Crippen molar-refractivity contribution in [2.75, 3.05) is 12.8 Å². The van der Waals surface area contributed by atoms with Gasteiger partial charge >= 0.3 is 11.6 Å². The second-order valence-electron chi connectivity index (χ2n) is 3.75. The Kier molecular flexibility index (Phi) is 8.07. The van der Waals surface area contributed by atoms with Crippen molar-refractivity contribution in [3.63, 3.8) is 0 Å². The van der Waals surface area contributed by atoms with Crippen LogP contribution in [-0.4, -0.2) is 40.1 Å². The molecule has 1 aromatic heterocycles. The highest BCUT2D eigenvalue weighted by atomic mass is 32.1. The van der Waals surface area contributed by atoms with Gasteiger partial charge in [0.25, 0.3) is 0 Å². The highest BCUT2D eigenvalue weighted by Crippen LogP contribution is 2.42. The fraction of sp³-hybridized carbons (Fsp3) is 0.636. The van der Waals surface area contributed by atoms with Crippen LogP contribution < -0.4 is 11.4 Å². The van der Waals surface area contributed by atoms with Crippen LogP contribution >= 0.6 is 13.5 Å². The van der Waals surface area contributed by atoms with Crippen LogP contribution in [0, 0.1) is 0 Å². The molecule has 2 rings (SSSR count). The Hall–Kier alpha value is -1.23. The quantitative estimate of drug-likeness (QED) is 0.829. The van der Waals surface area contributed by atoms with Crippen LogP contribution in [0.15, 0.2) is 17.1 Å². The summed E-state index contributed by atoms with van der Waals surface area (Å²) in [5.74, 6) is -3.77. The number of hydrogen-bond donors (Lipinski definition) is 2. The molecule has 21 heavy (non-hydrogen) atoms. The van der Waals surface area contributed by atoms with E-state index in [1.165, 1.54) is 6.07 Å². The van der Waals surface area contributed by atoms with Gasteiger partial charge in [0.2, 0.25) is 6.23 Å². The van der Waals surface area contributed by atoms with Crippen molar-refractivity contribution >= 4 is 19.3 Å². The van der Waals surface area contributed by atoms with Crippen LogP contribution in [0.5, 0.6) is 0 Å². The van der Waals surface area contributed by atoms with Gasteiger partial charge in [-0.2, -0.15) is 27.3 Å². The van der Waals surface area contributed by atoms with E-state index in [9.17, 15) is 18.7 Å². The molecule has 1 saturated heterocycles. The molecular weight excluding hydrogens is 308 g/mol. The number of hydrogen-bond acceptors (Lipinski definition) is 6. The van der Waals surface area contributed by atoms with E-state index in [-0.39, 0.29) is 34.2 Å². The van der Waals surface area contributed by atoms with Gasteiger partial charge in [0.1, 0.15) is 5.82 Å². The van der Waals surface area contributed by atoms with E-state index in [1.54, 1.807) is 0 Å². The predicted octanol–water partition coefficient (Wildman–Crippen LogP) is 0.708. The van der Waals surface area contributed by atoms with Crippen molar-refractivity contribution in [1.82, 2.24) is 9.55 Å². The molecule has 0 aliphatic carbocycles. The maximum atomic E-state index is 13.7. The first kappa shape index (κ1) is 22.1. The van der Waals surface area contributed by atoms with Crippen LogP contribution in [0.2, 0.25) is 0 Å². The SMILES string of the molecule is C.C.CO[C@H]1O[C@@H](n2ccc(N)nc2=O)C(F)(F)[C@H]1O.S. The van der Waals surface area contributed by atoms with Gasteiger partial charge in [-0.15, -0.1) is 0 Å². The summed E-state index contributed by atoms with van der Waals surface area (Å²) < 4.78 is 37.4. The molecule has 0 radical (unpaired) electrons. The zero-order chi connectivity index (χ0) is 13.5. The molecule has 1 aliphatic heterocycles. The second kappa shape index (κ2) is 7.69. The monoisotopic (exact) mass is 329 g/mol. The summed E-state index contributed by atoms with van der Waals surface area (Å²) in [7, 11) is 1.11. The minimum atomic E-state index is -3.68. The number of methoxy groups -OCH3 is 1. The molecule has 0 unspecified atom stereocenters. The molecule has 0 saturated carbocycles. The van der Waals surface area contributed by atoms with Crippen LogP contribution in [0.1, 0.15) is 21.1 Å². The Labute approximate surface area is 128 Å². The number of ether oxygens (including phenoxy) is 2. The highest BCUT2D eigenvalue weighted by Gasteiger charge is 2.60. The first-order valence-corrected chi connectivity index (χ1v) is 4.96. The fourth-order valence-corrected chi connectivity index (χ4v) is 1.66. The molecule has 2 heterocycles. The molecule has 0 amide bonds. The van der Waals surface area contributed by atoms with Gasteiger partial charge in [0, 0.05) is 13.3 Å². The summed E-state index contributed by atoms with van der Waals surface area (Å²) in [6, 6.07) is 1.17. The molecule has 124 valence electrons. The minimum absolute atomic E-state index is 0. The maximum Gasteiger partial charge on any atom is 0.351 e. The lowest BCUT2D eigenvalue weighted by Gasteiger charge is -2.20. The normalized spacial score (nSPS) is 26.2. The average molecular weight is 329 g/mol. The minimum Gasteiger partial charge on any atom is -0.383 e. The fourth-order valence-electron chi connectivity index (χ4n) is 1.66. The molecule has 7 nitrogen and oxygen atoms in total. The smallest absolute Gasteiger partial charge is 0.351 e. The molecular formula is C11H21F2N3O4S. The van der Waals surface area contributed by atoms with E-state index in [4.69, 9.17) is 10.5 Å². The summed E-state index contributed by atoms with van der Waals surface area (Å²) in [6.07, 6.45) is -4.65. The van der Waals surface area contributed by atoms with E-state index >= 15 is 0 Å². The average Bonchev–Trinajstić information content (AvgIpc) is 2.52. The second-order valence-corrected chi connectivity index (χ2v) is 3.75. The van der Waals surface area contributed by atoms with Crippen molar-refractivity contribution < 1.29 is 23.4 Å². The molecule has 0 spiro atoms. The van der Waals surface area contributed by atoms with Crippen molar-refractivity contribution in [2.45, 2.75) is 39.4 Å². The molecule has 0 bridgehead atoms. The largest absolute Gasteiger partial charge is 0.383 e. The zero-order valence-electron chi connectivity index (χ0n) is 9.79. The van der Waals surface area contributed by atoms with Crippen molar-refractivity contribution in [2.24, 2.45) is 0 Å². The van der Waals surface area contributed by atoms with Crippen LogP contribution in [0.3, 0.4) is 0 Å². The third kappa shape index (κ3) is 3.70.